The highest BCUT2D eigenvalue weighted by Gasteiger charge is 2.43. The van der Waals surface area contributed by atoms with Crippen molar-refractivity contribution in [1.29, 1.82) is 0 Å². The molecule has 0 saturated carbocycles. The summed E-state index contributed by atoms with van der Waals surface area (Å²) in [6.45, 7) is 16.8. The molecule has 0 N–H and O–H groups in total. The van der Waals surface area contributed by atoms with Gasteiger partial charge < -0.3 is 9.64 Å². The lowest BCUT2D eigenvalue weighted by Gasteiger charge is -2.54. The van der Waals surface area contributed by atoms with Gasteiger partial charge in [0.2, 0.25) is 0 Å². The van der Waals surface area contributed by atoms with Gasteiger partial charge in [-0.1, -0.05) is 18.2 Å². The van der Waals surface area contributed by atoms with Gasteiger partial charge in [-0.2, -0.15) is 0 Å². The van der Waals surface area contributed by atoms with Gasteiger partial charge in [-0.05, 0) is 102 Å². The number of piperazine rings is 1. The smallest absolute Gasteiger partial charge is 0.257 e. The molecule has 3 aromatic rings. The van der Waals surface area contributed by atoms with E-state index in [9.17, 15) is 4.79 Å². The van der Waals surface area contributed by atoms with Crippen LogP contribution < -0.4 is 4.74 Å². The summed E-state index contributed by atoms with van der Waals surface area (Å²) in [5, 5.41) is 2.25. The summed E-state index contributed by atoms with van der Waals surface area (Å²) >= 11 is 1.93. The number of piperidine rings is 2. The molecule has 2 aromatic heterocycles. The number of ether oxygens (including phenoxy) is 1. The molecule has 242 valence electrons. The number of benzene rings is 1. The highest BCUT2D eigenvalue weighted by Crippen LogP contribution is 2.41. The first kappa shape index (κ1) is 32.1. The number of amides is 1. The number of carbonyl (C=O) groups excluding carboxylic acids is 1. The van der Waals surface area contributed by atoms with Gasteiger partial charge in [-0.15, -0.1) is 11.3 Å². The second-order valence-electron chi connectivity index (χ2n) is 13.7. The molecular weight excluding hydrogens is 581 g/mol. The van der Waals surface area contributed by atoms with Gasteiger partial charge in [0, 0.05) is 61.8 Å². The largest absolute Gasteiger partial charge is 0.497 e. The summed E-state index contributed by atoms with van der Waals surface area (Å²) in [6, 6.07) is 14.1. The Labute approximate surface area is 273 Å². The number of thiophene rings is 1. The number of methoxy groups -OCH3 is 1. The topological polar surface area (TPSA) is 65.0 Å². The molecule has 3 fully saturated rings. The van der Waals surface area contributed by atoms with E-state index in [2.05, 4.69) is 80.3 Å². The predicted molar refractivity (Wildman–Crippen MR) is 181 cm³/mol. The van der Waals surface area contributed by atoms with E-state index in [-0.39, 0.29) is 11.4 Å². The summed E-state index contributed by atoms with van der Waals surface area (Å²) in [5.41, 5.74) is 3.69. The monoisotopic (exact) mass is 630 g/mol. The van der Waals surface area contributed by atoms with Crippen LogP contribution in [0.5, 0.6) is 5.75 Å². The first-order chi connectivity index (χ1) is 21.8. The molecule has 9 heteroatoms. The van der Waals surface area contributed by atoms with Crippen LogP contribution in [-0.2, 0) is 6.54 Å². The highest BCUT2D eigenvalue weighted by molar-refractivity contribution is 7.10. The summed E-state index contributed by atoms with van der Waals surface area (Å²) < 4.78 is 5.34. The Bertz CT molecular complexity index is 1390. The molecule has 1 amide bonds. The molecule has 1 aromatic carbocycles. The molecular formula is C36H50N6O2S. The second kappa shape index (κ2) is 13.9. The van der Waals surface area contributed by atoms with Gasteiger partial charge in [0.15, 0.2) is 0 Å². The Morgan fingerprint density at radius 3 is 2.29 bits per heavy atom. The molecule has 0 unspecified atom stereocenters. The fraction of sp³-hybridized carbons (Fsp3) is 0.583. The van der Waals surface area contributed by atoms with Crippen molar-refractivity contribution in [1.82, 2.24) is 29.6 Å². The second-order valence-corrected chi connectivity index (χ2v) is 14.6. The van der Waals surface area contributed by atoms with Crippen LogP contribution in [0.4, 0.5) is 0 Å². The van der Waals surface area contributed by atoms with Crippen molar-refractivity contribution in [2.75, 3.05) is 52.9 Å². The fourth-order valence-corrected chi connectivity index (χ4v) is 8.92. The first-order valence-corrected chi connectivity index (χ1v) is 17.6. The maximum absolute atomic E-state index is 13.4. The van der Waals surface area contributed by atoms with Gasteiger partial charge in [0.25, 0.3) is 5.91 Å². The van der Waals surface area contributed by atoms with Gasteiger partial charge in [0.05, 0.1) is 24.1 Å². The van der Waals surface area contributed by atoms with Crippen molar-refractivity contribution in [3.8, 4) is 5.75 Å². The molecule has 8 nitrogen and oxygen atoms in total. The minimum absolute atomic E-state index is 0.0830. The third-order valence-corrected chi connectivity index (χ3v) is 11.8. The molecule has 2 atom stereocenters. The van der Waals surface area contributed by atoms with Crippen LogP contribution in [0.2, 0.25) is 0 Å². The quantitative estimate of drug-likeness (QED) is 0.311. The standard InChI is InChI=1S/C36H50N6O2S/c1-26-23-41(36(4)14-18-40(19-15-36)35(43)33-27(2)37-25-38-28(33)3)20-21-42(26)34(32-7-6-22-45-32)30-12-16-39(17-13-30)24-29-8-10-31(44-5)11-9-29/h6-11,22,25-26,30,34H,12-21,23-24H2,1-5H3/t26-,34-/m0/s1. The number of hydrogen-bond acceptors (Lipinski definition) is 8. The van der Waals surface area contributed by atoms with Crippen LogP contribution >= 0.6 is 11.3 Å². The third kappa shape index (κ3) is 6.97. The summed E-state index contributed by atoms with van der Waals surface area (Å²) in [7, 11) is 1.72. The predicted octanol–water partition coefficient (Wildman–Crippen LogP) is 5.82. The molecule has 0 aliphatic carbocycles. The Kier molecular flexibility index (Phi) is 9.90. The average Bonchev–Trinajstić information content (AvgIpc) is 3.58. The van der Waals surface area contributed by atoms with Crippen molar-refractivity contribution in [2.45, 2.75) is 77.5 Å². The molecule has 0 bridgehead atoms. The van der Waals surface area contributed by atoms with Crippen LogP contribution in [-0.4, -0.2) is 100.0 Å². The SMILES string of the molecule is COc1ccc(CN2CCC([C@@H](c3cccs3)N3CCN(C4(C)CCN(C(=O)c5c(C)ncnc5C)CC4)C[C@@H]3C)CC2)cc1. The zero-order valence-electron chi connectivity index (χ0n) is 27.7. The third-order valence-electron chi connectivity index (χ3n) is 10.8. The minimum Gasteiger partial charge on any atom is -0.497 e. The van der Waals surface area contributed by atoms with E-state index in [0.717, 1.165) is 82.3 Å². The molecule has 6 rings (SSSR count). The number of likely N-dealkylation sites (tertiary alicyclic amines) is 2. The Hall–Kier alpha value is -2.85. The lowest BCUT2D eigenvalue weighted by Crippen LogP contribution is -2.62. The Morgan fingerprint density at radius 1 is 1.00 bits per heavy atom. The summed E-state index contributed by atoms with van der Waals surface area (Å²) in [4.78, 5) is 33.7. The van der Waals surface area contributed by atoms with Crippen molar-refractivity contribution < 1.29 is 9.53 Å². The zero-order valence-corrected chi connectivity index (χ0v) is 28.6. The van der Waals surface area contributed by atoms with Crippen molar-refractivity contribution in [3.63, 3.8) is 0 Å². The number of aryl methyl sites for hydroxylation is 2. The van der Waals surface area contributed by atoms with Crippen LogP contribution in [0, 0.1) is 19.8 Å². The maximum Gasteiger partial charge on any atom is 0.257 e. The Balaban J connectivity index is 1.06. The number of rotatable bonds is 8. The van der Waals surface area contributed by atoms with E-state index in [1.165, 1.54) is 23.3 Å². The van der Waals surface area contributed by atoms with Crippen LogP contribution in [0.1, 0.15) is 77.8 Å². The van der Waals surface area contributed by atoms with Crippen LogP contribution in [0.3, 0.4) is 0 Å². The minimum atomic E-state index is 0.0830. The molecule has 45 heavy (non-hydrogen) atoms. The van der Waals surface area contributed by atoms with E-state index in [0.29, 0.717) is 23.6 Å². The van der Waals surface area contributed by atoms with Crippen LogP contribution in [0.15, 0.2) is 48.1 Å². The first-order valence-electron chi connectivity index (χ1n) is 16.7. The normalized spacial score (nSPS) is 22.8. The summed E-state index contributed by atoms with van der Waals surface area (Å²) in [5.74, 6) is 1.67. The van der Waals surface area contributed by atoms with Crippen molar-refractivity contribution in [2.24, 2.45) is 5.92 Å². The van der Waals surface area contributed by atoms with E-state index in [1.807, 2.05) is 30.1 Å². The van der Waals surface area contributed by atoms with Gasteiger partial charge >= 0.3 is 0 Å². The zero-order chi connectivity index (χ0) is 31.6. The number of carbonyl (C=O) groups is 1. The fourth-order valence-electron chi connectivity index (χ4n) is 7.99. The van der Waals surface area contributed by atoms with E-state index in [1.54, 1.807) is 13.4 Å². The number of nitrogens with zero attached hydrogens (tertiary/aromatic N) is 6. The molecule has 3 saturated heterocycles. The number of hydrogen-bond donors (Lipinski definition) is 0. The molecule has 3 aliphatic rings. The van der Waals surface area contributed by atoms with E-state index in [4.69, 9.17) is 4.74 Å². The van der Waals surface area contributed by atoms with Gasteiger partial charge in [-0.3, -0.25) is 19.5 Å². The lowest BCUT2D eigenvalue weighted by atomic mass is 9.84. The number of aromatic nitrogens is 2. The maximum atomic E-state index is 13.4. The van der Waals surface area contributed by atoms with Gasteiger partial charge in [-0.25, -0.2) is 9.97 Å². The van der Waals surface area contributed by atoms with Crippen molar-refractivity contribution >= 4 is 17.2 Å². The van der Waals surface area contributed by atoms with Crippen molar-refractivity contribution in [3.05, 3.63) is 75.5 Å². The van der Waals surface area contributed by atoms with Gasteiger partial charge in [0.1, 0.15) is 12.1 Å². The molecule has 0 radical (unpaired) electrons. The lowest BCUT2D eigenvalue weighted by molar-refractivity contribution is -0.0432. The highest BCUT2D eigenvalue weighted by atomic mass is 32.1. The van der Waals surface area contributed by atoms with E-state index < -0.39 is 0 Å². The molecule has 0 spiro atoms. The molecule has 5 heterocycles. The van der Waals surface area contributed by atoms with Crippen LogP contribution in [0.25, 0.3) is 0 Å². The summed E-state index contributed by atoms with van der Waals surface area (Å²) in [6.07, 6.45) is 6.01. The van der Waals surface area contributed by atoms with E-state index >= 15 is 0 Å². The molecule has 3 aliphatic heterocycles. The Morgan fingerprint density at radius 2 is 1.69 bits per heavy atom. The average molecular weight is 631 g/mol.